The van der Waals surface area contributed by atoms with Crippen LogP contribution in [-0.2, 0) is 10.0 Å². The molecule has 0 aliphatic carbocycles. The normalized spacial score (nSPS) is 13.1. The summed E-state index contributed by atoms with van der Waals surface area (Å²) < 4.78 is 25.4. The molecule has 102 valence electrons. The van der Waals surface area contributed by atoms with Gasteiger partial charge in [0.1, 0.15) is 5.82 Å². The predicted octanol–water partition coefficient (Wildman–Crippen LogP) is 1.84. The zero-order valence-corrected chi connectivity index (χ0v) is 11.8. The number of anilines is 2. The quantitative estimate of drug-likeness (QED) is 0.791. The van der Waals surface area contributed by atoms with E-state index in [0.29, 0.717) is 18.3 Å². The monoisotopic (exact) mass is 272 g/mol. The molecule has 0 amide bonds. The standard InChI is InChI=1S/C11H20N4O2S/c1-4-8-18(16,17)15-11-7-6-10(13-14-11)12-9(3)5-2/h6-7,9H,4-5,8H2,1-3H3,(H,12,13)(H,14,15). The van der Waals surface area contributed by atoms with Crippen LogP contribution < -0.4 is 10.0 Å². The van der Waals surface area contributed by atoms with E-state index < -0.39 is 10.0 Å². The highest BCUT2D eigenvalue weighted by atomic mass is 32.2. The van der Waals surface area contributed by atoms with Crippen LogP contribution in [0.3, 0.4) is 0 Å². The molecule has 18 heavy (non-hydrogen) atoms. The van der Waals surface area contributed by atoms with Crippen molar-refractivity contribution in [3.63, 3.8) is 0 Å². The lowest BCUT2D eigenvalue weighted by Crippen LogP contribution is -2.18. The summed E-state index contributed by atoms with van der Waals surface area (Å²) in [5.74, 6) is 0.975. The number of aromatic nitrogens is 2. The van der Waals surface area contributed by atoms with E-state index in [0.717, 1.165) is 6.42 Å². The summed E-state index contributed by atoms with van der Waals surface area (Å²) in [6.07, 6.45) is 1.54. The lowest BCUT2D eigenvalue weighted by molar-refractivity contribution is 0.599. The van der Waals surface area contributed by atoms with Gasteiger partial charge in [-0.15, -0.1) is 10.2 Å². The minimum atomic E-state index is -3.30. The van der Waals surface area contributed by atoms with Gasteiger partial charge in [0.15, 0.2) is 5.82 Å². The first kappa shape index (κ1) is 14.7. The molecule has 1 rings (SSSR count). The predicted molar refractivity (Wildman–Crippen MR) is 73.1 cm³/mol. The highest BCUT2D eigenvalue weighted by Gasteiger charge is 2.10. The topological polar surface area (TPSA) is 84.0 Å². The molecule has 7 heteroatoms. The van der Waals surface area contributed by atoms with E-state index in [1.54, 1.807) is 12.1 Å². The fraction of sp³-hybridized carbons (Fsp3) is 0.636. The molecule has 1 atom stereocenters. The molecule has 0 aliphatic rings. The Bertz CT molecular complexity index is 458. The highest BCUT2D eigenvalue weighted by Crippen LogP contribution is 2.10. The Hall–Kier alpha value is -1.37. The van der Waals surface area contributed by atoms with Gasteiger partial charge >= 0.3 is 0 Å². The van der Waals surface area contributed by atoms with Gasteiger partial charge < -0.3 is 5.32 Å². The molecule has 1 aromatic rings. The van der Waals surface area contributed by atoms with Crippen LogP contribution >= 0.6 is 0 Å². The van der Waals surface area contributed by atoms with Gasteiger partial charge in [-0.2, -0.15) is 0 Å². The first-order valence-electron chi connectivity index (χ1n) is 6.07. The molecule has 0 aliphatic heterocycles. The third-order valence-corrected chi connectivity index (χ3v) is 3.87. The number of nitrogens with one attached hydrogen (secondary N) is 2. The van der Waals surface area contributed by atoms with Crippen molar-refractivity contribution in [1.29, 1.82) is 0 Å². The molecule has 0 aromatic carbocycles. The van der Waals surface area contributed by atoms with E-state index in [1.165, 1.54) is 0 Å². The van der Waals surface area contributed by atoms with Crippen LogP contribution in [0.25, 0.3) is 0 Å². The molecule has 0 saturated carbocycles. The molecule has 0 spiro atoms. The lowest BCUT2D eigenvalue weighted by atomic mass is 10.2. The summed E-state index contributed by atoms with van der Waals surface area (Å²) in [6.45, 7) is 5.92. The maximum absolute atomic E-state index is 11.5. The zero-order chi connectivity index (χ0) is 13.6. The first-order valence-corrected chi connectivity index (χ1v) is 7.72. The third kappa shape index (κ3) is 4.87. The van der Waals surface area contributed by atoms with Crippen molar-refractivity contribution in [2.24, 2.45) is 0 Å². The van der Waals surface area contributed by atoms with Crippen molar-refractivity contribution < 1.29 is 8.42 Å². The second-order valence-electron chi connectivity index (χ2n) is 4.18. The van der Waals surface area contributed by atoms with E-state index >= 15 is 0 Å². The second-order valence-corrected chi connectivity index (χ2v) is 6.02. The lowest BCUT2D eigenvalue weighted by Gasteiger charge is -2.11. The number of sulfonamides is 1. The van der Waals surface area contributed by atoms with E-state index in [2.05, 4.69) is 27.2 Å². The number of hydrogen-bond donors (Lipinski definition) is 2. The van der Waals surface area contributed by atoms with Crippen LogP contribution in [-0.4, -0.2) is 30.4 Å². The van der Waals surface area contributed by atoms with Gasteiger partial charge in [-0.05, 0) is 31.9 Å². The Balaban J connectivity index is 2.66. The molecule has 0 bridgehead atoms. The number of nitrogens with zero attached hydrogens (tertiary/aromatic N) is 2. The van der Waals surface area contributed by atoms with Crippen LogP contribution in [0.4, 0.5) is 11.6 Å². The van der Waals surface area contributed by atoms with Crippen molar-refractivity contribution in [1.82, 2.24) is 10.2 Å². The van der Waals surface area contributed by atoms with Gasteiger partial charge in [0.25, 0.3) is 0 Å². The van der Waals surface area contributed by atoms with Gasteiger partial charge in [0.2, 0.25) is 10.0 Å². The minimum absolute atomic E-state index is 0.0849. The van der Waals surface area contributed by atoms with Gasteiger partial charge in [-0.25, -0.2) is 8.42 Å². The zero-order valence-electron chi connectivity index (χ0n) is 11.0. The minimum Gasteiger partial charge on any atom is -0.366 e. The van der Waals surface area contributed by atoms with Crippen LogP contribution in [0.1, 0.15) is 33.6 Å². The van der Waals surface area contributed by atoms with Crippen molar-refractivity contribution in [2.75, 3.05) is 15.8 Å². The molecule has 0 saturated heterocycles. The van der Waals surface area contributed by atoms with Crippen molar-refractivity contribution >= 4 is 21.7 Å². The van der Waals surface area contributed by atoms with Crippen LogP contribution in [0.5, 0.6) is 0 Å². The maximum Gasteiger partial charge on any atom is 0.233 e. The van der Waals surface area contributed by atoms with E-state index in [4.69, 9.17) is 0 Å². The van der Waals surface area contributed by atoms with Gasteiger partial charge in [-0.3, -0.25) is 4.72 Å². The fourth-order valence-corrected chi connectivity index (χ4v) is 2.36. The summed E-state index contributed by atoms with van der Waals surface area (Å²) in [5.41, 5.74) is 0. The van der Waals surface area contributed by atoms with Gasteiger partial charge in [0, 0.05) is 6.04 Å². The molecule has 2 N–H and O–H groups in total. The Morgan fingerprint density at radius 2 is 1.83 bits per heavy atom. The molecule has 0 radical (unpaired) electrons. The van der Waals surface area contributed by atoms with Gasteiger partial charge in [-0.1, -0.05) is 13.8 Å². The number of hydrogen-bond acceptors (Lipinski definition) is 5. The van der Waals surface area contributed by atoms with Crippen LogP contribution in [0, 0.1) is 0 Å². The maximum atomic E-state index is 11.5. The summed E-state index contributed by atoms with van der Waals surface area (Å²) >= 11 is 0. The van der Waals surface area contributed by atoms with Crippen LogP contribution in [0.15, 0.2) is 12.1 Å². The Morgan fingerprint density at radius 3 is 2.33 bits per heavy atom. The van der Waals surface area contributed by atoms with Gasteiger partial charge in [0.05, 0.1) is 5.75 Å². The van der Waals surface area contributed by atoms with Crippen molar-refractivity contribution in [3.05, 3.63) is 12.1 Å². The molecule has 1 aromatic heterocycles. The van der Waals surface area contributed by atoms with E-state index in [1.807, 2.05) is 13.8 Å². The third-order valence-electron chi connectivity index (χ3n) is 2.40. The Kier molecular flexibility index (Phi) is 5.33. The Labute approximate surface area is 108 Å². The first-order chi connectivity index (χ1) is 8.46. The molecule has 0 fully saturated rings. The van der Waals surface area contributed by atoms with Crippen molar-refractivity contribution in [3.8, 4) is 0 Å². The van der Waals surface area contributed by atoms with Crippen molar-refractivity contribution in [2.45, 2.75) is 39.7 Å². The average molecular weight is 272 g/mol. The summed E-state index contributed by atoms with van der Waals surface area (Å²) in [6, 6.07) is 3.62. The molecule has 6 nitrogen and oxygen atoms in total. The highest BCUT2D eigenvalue weighted by molar-refractivity contribution is 7.92. The molecular formula is C11H20N4O2S. The van der Waals surface area contributed by atoms with E-state index in [9.17, 15) is 8.42 Å². The molecular weight excluding hydrogens is 252 g/mol. The smallest absolute Gasteiger partial charge is 0.233 e. The SMILES string of the molecule is CCCS(=O)(=O)Nc1ccc(NC(C)CC)nn1. The summed E-state index contributed by atoms with van der Waals surface area (Å²) in [5, 5.41) is 10.9. The summed E-state index contributed by atoms with van der Waals surface area (Å²) in [4.78, 5) is 0. The largest absolute Gasteiger partial charge is 0.366 e. The molecule has 1 heterocycles. The molecule has 1 unspecified atom stereocenters. The average Bonchev–Trinajstić information content (AvgIpc) is 2.31. The number of rotatable bonds is 7. The van der Waals surface area contributed by atoms with E-state index in [-0.39, 0.29) is 11.6 Å². The Morgan fingerprint density at radius 1 is 1.22 bits per heavy atom. The summed E-state index contributed by atoms with van der Waals surface area (Å²) in [7, 11) is -3.30. The van der Waals surface area contributed by atoms with Crippen LogP contribution in [0.2, 0.25) is 0 Å². The fourth-order valence-electron chi connectivity index (χ4n) is 1.30. The second kappa shape index (κ2) is 6.53.